The fraction of sp³-hybridized carbons (Fsp3) is 0. The van der Waals surface area contributed by atoms with E-state index in [1.54, 1.807) is 24.3 Å². The number of ketones is 1. The fourth-order valence-corrected chi connectivity index (χ4v) is 2.45. The molecule has 0 spiro atoms. The minimum absolute atomic E-state index is 0.00984. The van der Waals surface area contributed by atoms with Crippen LogP contribution in [0.4, 0.5) is 4.39 Å². The molecule has 1 nitrogen and oxygen atoms in total. The van der Waals surface area contributed by atoms with Crippen LogP contribution in [0.3, 0.4) is 0 Å². The van der Waals surface area contributed by atoms with E-state index in [0.29, 0.717) is 4.47 Å². The van der Waals surface area contributed by atoms with Crippen molar-refractivity contribution in [1.82, 2.24) is 0 Å². The molecule has 0 N–H and O–H groups in total. The first kappa shape index (κ1) is 13.7. The van der Waals surface area contributed by atoms with E-state index >= 15 is 0 Å². The summed E-state index contributed by atoms with van der Waals surface area (Å²) in [6, 6.07) is 9.53. The van der Waals surface area contributed by atoms with Crippen molar-refractivity contribution in [3.63, 3.8) is 0 Å². The summed E-state index contributed by atoms with van der Waals surface area (Å²) < 4.78 is 14.7. The first-order valence-corrected chi connectivity index (χ1v) is 6.91. The number of halogens is 4. The predicted octanol–water partition coefficient (Wildman–Crippen LogP) is 5.24. The van der Waals surface area contributed by atoms with Crippen molar-refractivity contribution < 1.29 is 9.18 Å². The third-order valence-electron chi connectivity index (χ3n) is 2.39. The van der Waals surface area contributed by atoms with E-state index in [2.05, 4.69) is 31.9 Å². The fourth-order valence-electron chi connectivity index (χ4n) is 1.50. The molecule has 2 rings (SSSR count). The van der Waals surface area contributed by atoms with Crippen molar-refractivity contribution in [1.29, 1.82) is 0 Å². The molecule has 0 fully saturated rings. The lowest BCUT2D eigenvalue weighted by atomic mass is 10.0. The Labute approximate surface area is 125 Å². The summed E-state index contributed by atoms with van der Waals surface area (Å²) in [5, 5.41) is 0.280. The zero-order valence-corrected chi connectivity index (χ0v) is 12.8. The molecular weight excluding hydrogens is 386 g/mol. The minimum atomic E-state index is -0.585. The molecule has 0 radical (unpaired) electrons. The van der Waals surface area contributed by atoms with Gasteiger partial charge in [0.2, 0.25) is 0 Å². The van der Waals surface area contributed by atoms with E-state index < -0.39 is 11.6 Å². The van der Waals surface area contributed by atoms with Crippen molar-refractivity contribution >= 4 is 49.2 Å². The predicted molar refractivity (Wildman–Crippen MR) is 76.7 cm³/mol. The van der Waals surface area contributed by atoms with Crippen LogP contribution >= 0.6 is 43.5 Å². The maximum atomic E-state index is 13.8. The van der Waals surface area contributed by atoms with Gasteiger partial charge in [-0.1, -0.05) is 23.7 Å². The van der Waals surface area contributed by atoms with Crippen molar-refractivity contribution in [3.8, 4) is 0 Å². The summed E-state index contributed by atoms with van der Waals surface area (Å²) in [4.78, 5) is 12.2. The highest BCUT2D eigenvalue weighted by molar-refractivity contribution is 9.10. The van der Waals surface area contributed by atoms with Gasteiger partial charge in [0.25, 0.3) is 0 Å². The third-order valence-corrected chi connectivity index (χ3v) is 4.30. The molecule has 5 heteroatoms. The van der Waals surface area contributed by atoms with Gasteiger partial charge in [0.1, 0.15) is 5.82 Å². The number of carbonyl (C=O) groups is 1. The molecule has 18 heavy (non-hydrogen) atoms. The largest absolute Gasteiger partial charge is 0.288 e. The second-order valence-electron chi connectivity index (χ2n) is 3.53. The average molecular weight is 392 g/mol. The minimum Gasteiger partial charge on any atom is -0.288 e. The van der Waals surface area contributed by atoms with Crippen LogP contribution in [-0.4, -0.2) is 5.78 Å². The van der Waals surface area contributed by atoms with E-state index in [4.69, 9.17) is 11.6 Å². The molecule has 0 aliphatic heterocycles. The lowest BCUT2D eigenvalue weighted by Crippen LogP contribution is -2.05. The molecule has 0 unspecified atom stereocenters. The molecule has 0 atom stereocenters. The van der Waals surface area contributed by atoms with Crippen LogP contribution in [0.2, 0.25) is 5.02 Å². The van der Waals surface area contributed by atoms with Gasteiger partial charge in [-0.3, -0.25) is 4.79 Å². The van der Waals surface area contributed by atoms with Crippen LogP contribution in [0.1, 0.15) is 15.9 Å². The molecule has 2 aromatic carbocycles. The average Bonchev–Trinajstić information content (AvgIpc) is 2.35. The molecule has 0 aromatic heterocycles. The van der Waals surface area contributed by atoms with Crippen molar-refractivity contribution in [2.24, 2.45) is 0 Å². The SMILES string of the molecule is O=C(c1cccc(Br)c1F)c1cccc(Br)c1Cl. The second kappa shape index (κ2) is 5.51. The maximum Gasteiger partial charge on any atom is 0.197 e. The molecule has 2 aromatic rings. The summed E-state index contributed by atoms with van der Waals surface area (Å²) in [5.74, 6) is -1.03. The van der Waals surface area contributed by atoms with Gasteiger partial charge in [-0.2, -0.15) is 0 Å². The van der Waals surface area contributed by atoms with Crippen LogP contribution in [0.25, 0.3) is 0 Å². The van der Waals surface area contributed by atoms with Crippen LogP contribution in [0, 0.1) is 5.82 Å². The van der Waals surface area contributed by atoms with E-state index in [0.717, 1.165) is 0 Å². The highest BCUT2D eigenvalue weighted by atomic mass is 79.9. The highest BCUT2D eigenvalue weighted by Crippen LogP contribution is 2.29. The Kier molecular flexibility index (Phi) is 4.20. The smallest absolute Gasteiger partial charge is 0.197 e. The Balaban J connectivity index is 2.55. The first-order valence-electron chi connectivity index (χ1n) is 4.95. The highest BCUT2D eigenvalue weighted by Gasteiger charge is 2.19. The molecule has 0 saturated carbocycles. The van der Waals surface area contributed by atoms with Gasteiger partial charge in [-0.15, -0.1) is 0 Å². The zero-order valence-electron chi connectivity index (χ0n) is 8.88. The van der Waals surface area contributed by atoms with Crippen LogP contribution in [-0.2, 0) is 0 Å². The van der Waals surface area contributed by atoms with Crippen LogP contribution < -0.4 is 0 Å². The summed E-state index contributed by atoms with van der Waals surface area (Å²) >= 11 is 12.3. The number of benzene rings is 2. The van der Waals surface area contributed by atoms with Crippen LogP contribution in [0.15, 0.2) is 45.3 Å². The number of carbonyl (C=O) groups excluding carboxylic acids is 1. The number of hydrogen-bond donors (Lipinski definition) is 0. The molecule has 0 heterocycles. The quantitative estimate of drug-likeness (QED) is 0.639. The molecular formula is C13H6Br2ClFO. The van der Waals surface area contributed by atoms with Crippen LogP contribution in [0.5, 0.6) is 0 Å². The maximum absolute atomic E-state index is 13.8. The van der Waals surface area contributed by atoms with Gasteiger partial charge in [-0.05, 0) is 56.1 Å². The number of rotatable bonds is 2. The molecule has 0 aliphatic rings. The van der Waals surface area contributed by atoms with Crippen molar-refractivity contribution in [2.75, 3.05) is 0 Å². The lowest BCUT2D eigenvalue weighted by Gasteiger charge is -2.07. The van der Waals surface area contributed by atoms with Gasteiger partial charge in [0.15, 0.2) is 5.78 Å². The van der Waals surface area contributed by atoms with Gasteiger partial charge < -0.3 is 0 Å². The second-order valence-corrected chi connectivity index (χ2v) is 5.62. The Morgan fingerprint density at radius 1 is 1.00 bits per heavy atom. The molecule has 0 saturated heterocycles. The Morgan fingerprint density at radius 2 is 1.56 bits per heavy atom. The summed E-state index contributed by atoms with van der Waals surface area (Å²) in [6.07, 6.45) is 0. The van der Waals surface area contributed by atoms with Gasteiger partial charge in [0, 0.05) is 10.0 Å². The topological polar surface area (TPSA) is 17.1 Å². The van der Waals surface area contributed by atoms with E-state index in [-0.39, 0.29) is 20.6 Å². The molecule has 92 valence electrons. The summed E-state index contributed by atoms with van der Waals surface area (Å²) in [6.45, 7) is 0. The van der Waals surface area contributed by atoms with Crippen molar-refractivity contribution in [2.45, 2.75) is 0 Å². The zero-order chi connectivity index (χ0) is 13.3. The van der Waals surface area contributed by atoms with E-state index in [1.165, 1.54) is 12.1 Å². The Bertz CT molecular complexity index is 575. The van der Waals surface area contributed by atoms with E-state index in [9.17, 15) is 9.18 Å². The van der Waals surface area contributed by atoms with Gasteiger partial charge >= 0.3 is 0 Å². The van der Waals surface area contributed by atoms with E-state index in [1.807, 2.05) is 0 Å². The first-order chi connectivity index (χ1) is 8.52. The molecule has 0 amide bonds. The summed E-state index contributed by atoms with van der Waals surface area (Å²) in [7, 11) is 0. The number of hydrogen-bond acceptors (Lipinski definition) is 1. The molecule has 0 aliphatic carbocycles. The van der Waals surface area contributed by atoms with Gasteiger partial charge in [0.05, 0.1) is 15.1 Å². The monoisotopic (exact) mass is 390 g/mol. The van der Waals surface area contributed by atoms with Crippen molar-refractivity contribution in [3.05, 3.63) is 67.3 Å². The standard InChI is InChI=1S/C13H6Br2ClFO/c14-9-5-1-3-7(11(9)16)13(18)8-4-2-6-10(15)12(8)17/h1-6H. The Hall–Kier alpha value is -0.710. The van der Waals surface area contributed by atoms with Gasteiger partial charge in [-0.25, -0.2) is 4.39 Å². The lowest BCUT2D eigenvalue weighted by molar-refractivity contribution is 0.103. The normalized spacial score (nSPS) is 10.4. The molecule has 0 bridgehead atoms. The Morgan fingerprint density at radius 3 is 2.22 bits per heavy atom. The third kappa shape index (κ3) is 2.51. The summed E-state index contributed by atoms with van der Waals surface area (Å²) in [5.41, 5.74) is 0.257.